The Labute approximate surface area is 66.8 Å². The smallest absolute Gasteiger partial charge is 0.136 e. The summed E-state index contributed by atoms with van der Waals surface area (Å²) in [5.41, 5.74) is 0.534. The topological polar surface area (TPSA) is 45.8 Å². The molecule has 0 radical (unpaired) electrons. The zero-order chi connectivity index (χ0) is 5.98. The number of aromatic amines is 1. The van der Waals surface area contributed by atoms with E-state index in [0.717, 1.165) is 0 Å². The Morgan fingerprint density at radius 1 is 1.78 bits per heavy atom. The predicted molar refractivity (Wildman–Crippen MR) is 28.4 cm³/mol. The minimum atomic E-state index is -0.155. The molecule has 1 rings (SSSR count). The molecule has 0 unspecified atom stereocenters. The molecule has 0 aliphatic heterocycles. The SMILES string of the molecule is Cc1cc(=O)[nH][c-]n1.[W]. The molecule has 1 heterocycles. The third-order valence-corrected chi connectivity index (χ3v) is 0.751. The van der Waals surface area contributed by atoms with Gasteiger partial charge in [0.05, 0.1) is 0 Å². The minimum Gasteiger partial charge on any atom is -0.421 e. The van der Waals surface area contributed by atoms with Gasteiger partial charge in [-0.2, -0.15) is 0 Å². The van der Waals surface area contributed by atoms with Crippen LogP contribution in [0.1, 0.15) is 5.69 Å². The average molecular weight is 293 g/mol. The molecule has 0 amide bonds. The Hall–Kier alpha value is -0.432. The van der Waals surface area contributed by atoms with E-state index in [1.54, 1.807) is 6.92 Å². The first-order valence-corrected chi connectivity index (χ1v) is 2.23. The van der Waals surface area contributed by atoms with Crippen molar-refractivity contribution in [3.8, 4) is 0 Å². The van der Waals surface area contributed by atoms with E-state index >= 15 is 0 Å². The second kappa shape index (κ2) is 3.57. The summed E-state index contributed by atoms with van der Waals surface area (Å²) in [5.74, 6) is 0. The molecule has 0 saturated carbocycles. The van der Waals surface area contributed by atoms with Gasteiger partial charge in [-0.25, -0.2) is 0 Å². The third-order valence-electron chi connectivity index (χ3n) is 0.751. The molecule has 1 aromatic rings. The molecular formula is C5H5N2OW-. The van der Waals surface area contributed by atoms with Crippen LogP contribution in [0.3, 0.4) is 0 Å². The summed E-state index contributed by atoms with van der Waals surface area (Å²) in [6.07, 6.45) is 2.34. The van der Waals surface area contributed by atoms with Crippen LogP contribution in [0.5, 0.6) is 0 Å². The second-order valence-electron chi connectivity index (χ2n) is 1.50. The predicted octanol–water partition coefficient (Wildman–Crippen LogP) is -0.124. The van der Waals surface area contributed by atoms with Crippen LogP contribution in [0, 0.1) is 13.3 Å². The van der Waals surface area contributed by atoms with Crippen molar-refractivity contribution < 1.29 is 21.1 Å². The Morgan fingerprint density at radius 3 is 2.78 bits per heavy atom. The van der Waals surface area contributed by atoms with E-state index in [1.807, 2.05) is 0 Å². The maximum atomic E-state index is 10.4. The zero-order valence-electron chi connectivity index (χ0n) is 4.84. The van der Waals surface area contributed by atoms with Gasteiger partial charge in [-0.1, -0.05) is 18.7 Å². The fourth-order valence-corrected chi connectivity index (χ4v) is 0.429. The number of aromatic nitrogens is 2. The second-order valence-corrected chi connectivity index (χ2v) is 1.50. The number of nitrogens with one attached hydrogen (secondary N) is 1. The summed E-state index contributed by atoms with van der Waals surface area (Å²) in [5, 5.41) is 0. The molecule has 0 fully saturated rings. The van der Waals surface area contributed by atoms with Crippen molar-refractivity contribution in [3.05, 3.63) is 28.4 Å². The molecule has 48 valence electrons. The van der Waals surface area contributed by atoms with Crippen LogP contribution in [0.25, 0.3) is 0 Å². The van der Waals surface area contributed by atoms with Gasteiger partial charge in [0.1, 0.15) is 5.56 Å². The van der Waals surface area contributed by atoms with E-state index in [1.165, 1.54) is 6.07 Å². The number of rotatable bonds is 0. The van der Waals surface area contributed by atoms with Crippen LogP contribution in [0.15, 0.2) is 10.9 Å². The molecule has 4 heteroatoms. The van der Waals surface area contributed by atoms with E-state index < -0.39 is 0 Å². The first-order valence-electron chi connectivity index (χ1n) is 2.23. The van der Waals surface area contributed by atoms with Gasteiger partial charge in [0.15, 0.2) is 0 Å². The van der Waals surface area contributed by atoms with Crippen molar-refractivity contribution in [1.29, 1.82) is 0 Å². The van der Waals surface area contributed by atoms with Gasteiger partial charge >= 0.3 is 0 Å². The molecule has 0 saturated heterocycles. The first kappa shape index (κ1) is 8.57. The maximum absolute atomic E-state index is 10.4. The molecule has 0 bridgehead atoms. The van der Waals surface area contributed by atoms with E-state index in [0.29, 0.717) is 5.69 Å². The average Bonchev–Trinajstić information content (AvgIpc) is 1.64. The summed E-state index contributed by atoms with van der Waals surface area (Å²) in [6.45, 7) is 1.74. The number of aryl methyl sites for hydroxylation is 1. The summed E-state index contributed by atoms with van der Waals surface area (Å²) in [7, 11) is 0. The summed E-state index contributed by atoms with van der Waals surface area (Å²) < 4.78 is 0. The van der Waals surface area contributed by atoms with Crippen LogP contribution in [-0.4, -0.2) is 9.97 Å². The summed E-state index contributed by atoms with van der Waals surface area (Å²) >= 11 is 0. The molecule has 0 aromatic carbocycles. The molecule has 0 spiro atoms. The van der Waals surface area contributed by atoms with E-state index in [2.05, 4.69) is 16.3 Å². The number of hydrogen-bond acceptors (Lipinski definition) is 2. The van der Waals surface area contributed by atoms with Crippen LogP contribution >= 0.6 is 0 Å². The molecular weight excluding hydrogens is 288 g/mol. The Balaban J connectivity index is 0.000000640. The zero-order valence-corrected chi connectivity index (χ0v) is 7.77. The molecule has 3 nitrogen and oxygen atoms in total. The van der Waals surface area contributed by atoms with E-state index in [-0.39, 0.29) is 26.6 Å². The van der Waals surface area contributed by atoms with Crippen molar-refractivity contribution in [2.45, 2.75) is 6.92 Å². The van der Waals surface area contributed by atoms with Crippen LogP contribution in [0.2, 0.25) is 0 Å². The van der Waals surface area contributed by atoms with Crippen molar-refractivity contribution in [3.63, 3.8) is 0 Å². The largest absolute Gasteiger partial charge is 0.421 e. The van der Waals surface area contributed by atoms with Gasteiger partial charge in [0.25, 0.3) is 0 Å². The first-order chi connectivity index (χ1) is 3.79. The number of H-pyrrole nitrogens is 1. The molecule has 1 aromatic heterocycles. The Bertz CT molecular complexity index is 232. The van der Waals surface area contributed by atoms with E-state index in [9.17, 15) is 4.79 Å². The summed E-state index contributed by atoms with van der Waals surface area (Å²) in [6, 6.07) is 1.41. The quantitative estimate of drug-likeness (QED) is 0.678. The van der Waals surface area contributed by atoms with Gasteiger partial charge in [-0.3, -0.25) is 0 Å². The van der Waals surface area contributed by atoms with Gasteiger partial charge in [0, 0.05) is 27.4 Å². The molecule has 1 N–H and O–H groups in total. The van der Waals surface area contributed by atoms with Gasteiger partial charge < -0.3 is 14.8 Å². The molecule has 0 atom stereocenters. The monoisotopic (exact) mass is 293 g/mol. The van der Waals surface area contributed by atoms with Crippen LogP contribution in [0.4, 0.5) is 0 Å². The molecule has 0 aliphatic carbocycles. The normalized spacial score (nSPS) is 8.11. The van der Waals surface area contributed by atoms with Gasteiger partial charge in [0.2, 0.25) is 0 Å². The van der Waals surface area contributed by atoms with Gasteiger partial charge in [-0.15, -0.1) is 0 Å². The van der Waals surface area contributed by atoms with Crippen molar-refractivity contribution in [1.82, 2.24) is 9.97 Å². The number of nitrogens with zero attached hydrogens (tertiary/aromatic N) is 1. The summed E-state index contributed by atoms with van der Waals surface area (Å²) in [4.78, 5) is 16.3. The van der Waals surface area contributed by atoms with E-state index in [4.69, 9.17) is 0 Å². The molecule has 9 heavy (non-hydrogen) atoms. The number of hydrogen-bond donors (Lipinski definition) is 1. The fourth-order valence-electron chi connectivity index (χ4n) is 0.429. The minimum absolute atomic E-state index is 0. The standard InChI is InChI=1S/C5H5N2O.W/c1-4-2-5(8)7-3-6-4;/h2H,1H3,(H,6,7,8);/q-1;. The van der Waals surface area contributed by atoms with Crippen molar-refractivity contribution in [2.24, 2.45) is 0 Å². The van der Waals surface area contributed by atoms with Crippen LogP contribution in [-0.2, 0) is 21.1 Å². The van der Waals surface area contributed by atoms with Crippen LogP contribution < -0.4 is 5.56 Å². The van der Waals surface area contributed by atoms with Crippen molar-refractivity contribution >= 4 is 0 Å². The molecule has 0 aliphatic rings. The van der Waals surface area contributed by atoms with Crippen molar-refractivity contribution in [2.75, 3.05) is 0 Å². The third kappa shape index (κ3) is 2.56. The maximum Gasteiger partial charge on any atom is 0.136 e. The fraction of sp³-hybridized carbons (Fsp3) is 0.200. The van der Waals surface area contributed by atoms with Gasteiger partial charge in [-0.05, 0) is 0 Å². The Morgan fingerprint density at radius 2 is 2.44 bits per heavy atom. The Kier molecular flexibility index (Phi) is 3.40.